The highest BCUT2D eigenvalue weighted by atomic mass is 32.1. The van der Waals surface area contributed by atoms with Crippen LogP contribution in [0.4, 0.5) is 5.00 Å². The number of fused-ring (bicyclic) bond motifs is 1. The van der Waals surface area contributed by atoms with Crippen LogP contribution in [0.25, 0.3) is 11.1 Å². The molecule has 2 aromatic rings. The van der Waals surface area contributed by atoms with E-state index in [1.165, 1.54) is 42.4 Å². The number of methoxy groups -OCH3 is 1. The number of thiophene rings is 1. The van der Waals surface area contributed by atoms with Crippen LogP contribution in [0.3, 0.4) is 0 Å². The first-order valence-electron chi connectivity index (χ1n) is 9.42. The van der Waals surface area contributed by atoms with Gasteiger partial charge in [-0.1, -0.05) is 18.2 Å². The lowest BCUT2D eigenvalue weighted by molar-refractivity contribution is -0.124. The first kappa shape index (κ1) is 18.2. The van der Waals surface area contributed by atoms with Crippen molar-refractivity contribution in [2.45, 2.75) is 44.6 Å². The molecule has 1 unspecified atom stereocenters. The maximum Gasteiger partial charge on any atom is 0.341 e. The van der Waals surface area contributed by atoms with E-state index in [0.717, 1.165) is 30.4 Å². The maximum atomic E-state index is 12.5. The molecule has 27 heavy (non-hydrogen) atoms. The third kappa shape index (κ3) is 3.64. The Morgan fingerprint density at radius 1 is 1.19 bits per heavy atom. The Kier molecular flexibility index (Phi) is 5.27. The Labute approximate surface area is 162 Å². The fourth-order valence-electron chi connectivity index (χ4n) is 3.84. The molecule has 1 aliphatic heterocycles. The summed E-state index contributed by atoms with van der Waals surface area (Å²) in [6.07, 6.45) is 5.78. The van der Waals surface area contributed by atoms with Crippen molar-refractivity contribution in [2.75, 3.05) is 19.0 Å². The number of hydrogen-bond donors (Lipinski definition) is 1. The molecule has 2 aliphatic rings. The van der Waals surface area contributed by atoms with Crippen LogP contribution in [0.15, 0.2) is 23.6 Å². The van der Waals surface area contributed by atoms with Gasteiger partial charge in [0.15, 0.2) is 0 Å². The number of ether oxygens (including phenoxy) is 2. The third-order valence-corrected chi connectivity index (χ3v) is 6.19. The average molecular weight is 385 g/mol. The molecular formula is C21H23NO4S. The number of anilines is 1. The highest BCUT2D eigenvalue weighted by molar-refractivity contribution is 7.15. The zero-order chi connectivity index (χ0) is 18.8. The average Bonchev–Trinajstić information content (AvgIpc) is 3.37. The van der Waals surface area contributed by atoms with E-state index in [-0.39, 0.29) is 5.91 Å². The summed E-state index contributed by atoms with van der Waals surface area (Å²) in [6.45, 7) is 0.604. The lowest BCUT2D eigenvalue weighted by atomic mass is 9.89. The minimum Gasteiger partial charge on any atom is -0.465 e. The highest BCUT2D eigenvalue weighted by Crippen LogP contribution is 2.38. The predicted molar refractivity (Wildman–Crippen MR) is 105 cm³/mol. The molecule has 2 heterocycles. The Morgan fingerprint density at radius 3 is 2.74 bits per heavy atom. The quantitative estimate of drug-likeness (QED) is 0.801. The minimum atomic E-state index is -0.440. The van der Waals surface area contributed by atoms with Gasteiger partial charge >= 0.3 is 5.97 Å². The number of carbonyl (C=O) groups is 2. The van der Waals surface area contributed by atoms with E-state index >= 15 is 0 Å². The molecule has 4 rings (SSSR count). The number of amides is 1. The molecule has 1 atom stereocenters. The molecule has 0 bridgehead atoms. The molecular weight excluding hydrogens is 362 g/mol. The SMILES string of the molecule is COC(=O)c1c(-c2ccc3c(c2)CCCC3)csc1NC(=O)C1CCCO1. The third-order valence-electron chi connectivity index (χ3n) is 5.30. The van der Waals surface area contributed by atoms with Crippen molar-refractivity contribution in [3.05, 3.63) is 40.3 Å². The summed E-state index contributed by atoms with van der Waals surface area (Å²) in [5, 5.41) is 5.32. The number of hydrogen-bond acceptors (Lipinski definition) is 5. The van der Waals surface area contributed by atoms with Crippen LogP contribution < -0.4 is 5.32 Å². The van der Waals surface area contributed by atoms with Crippen LogP contribution in [0.5, 0.6) is 0 Å². The molecule has 0 radical (unpaired) electrons. The van der Waals surface area contributed by atoms with E-state index in [4.69, 9.17) is 9.47 Å². The summed E-state index contributed by atoms with van der Waals surface area (Å²) >= 11 is 1.35. The van der Waals surface area contributed by atoms with Crippen molar-refractivity contribution >= 4 is 28.2 Å². The summed E-state index contributed by atoms with van der Waals surface area (Å²) < 4.78 is 10.4. The van der Waals surface area contributed by atoms with Gasteiger partial charge in [0.1, 0.15) is 16.7 Å². The van der Waals surface area contributed by atoms with Gasteiger partial charge in [-0.2, -0.15) is 0 Å². The summed E-state index contributed by atoms with van der Waals surface area (Å²) in [5.74, 6) is -0.636. The molecule has 1 fully saturated rings. The number of nitrogens with one attached hydrogen (secondary N) is 1. The first-order valence-corrected chi connectivity index (χ1v) is 10.3. The van der Waals surface area contributed by atoms with Crippen molar-refractivity contribution in [1.29, 1.82) is 0 Å². The number of benzene rings is 1. The maximum absolute atomic E-state index is 12.5. The van der Waals surface area contributed by atoms with E-state index in [1.807, 2.05) is 5.38 Å². The Bertz CT molecular complexity index is 867. The van der Waals surface area contributed by atoms with Crippen molar-refractivity contribution < 1.29 is 19.1 Å². The van der Waals surface area contributed by atoms with Gasteiger partial charge in [0.25, 0.3) is 5.91 Å². The van der Waals surface area contributed by atoms with E-state index in [2.05, 4.69) is 23.5 Å². The standard InChI is InChI=1S/C21H23NO4S/c1-25-21(24)18-16(15-9-8-13-5-2-3-6-14(13)11-15)12-27-20(18)22-19(23)17-7-4-10-26-17/h8-9,11-12,17H,2-7,10H2,1H3,(H,22,23). The van der Waals surface area contributed by atoms with Crippen molar-refractivity contribution in [2.24, 2.45) is 0 Å². The second-order valence-corrected chi connectivity index (χ2v) is 7.91. The van der Waals surface area contributed by atoms with Crippen LogP contribution in [0, 0.1) is 0 Å². The Balaban J connectivity index is 1.67. The predicted octanol–water partition coefficient (Wildman–Crippen LogP) is 4.20. The van der Waals surface area contributed by atoms with Crippen LogP contribution in [-0.4, -0.2) is 31.7 Å². The molecule has 1 N–H and O–H groups in total. The molecule has 6 heteroatoms. The lowest BCUT2D eigenvalue weighted by Crippen LogP contribution is -2.27. The topological polar surface area (TPSA) is 64.6 Å². The summed E-state index contributed by atoms with van der Waals surface area (Å²) in [7, 11) is 1.36. The largest absolute Gasteiger partial charge is 0.465 e. The lowest BCUT2D eigenvalue weighted by Gasteiger charge is -2.17. The zero-order valence-electron chi connectivity index (χ0n) is 15.4. The molecule has 1 aromatic carbocycles. The monoisotopic (exact) mass is 385 g/mol. The van der Waals surface area contributed by atoms with Gasteiger partial charge in [-0.25, -0.2) is 4.79 Å². The molecule has 142 valence electrons. The summed E-state index contributed by atoms with van der Waals surface area (Å²) in [6, 6.07) is 6.40. The second kappa shape index (κ2) is 7.82. The van der Waals surface area contributed by atoms with Gasteiger partial charge < -0.3 is 14.8 Å². The van der Waals surface area contributed by atoms with Crippen LogP contribution in [-0.2, 0) is 27.1 Å². The molecule has 1 amide bonds. The van der Waals surface area contributed by atoms with E-state index < -0.39 is 12.1 Å². The van der Waals surface area contributed by atoms with Gasteiger partial charge in [0.2, 0.25) is 0 Å². The molecule has 1 saturated heterocycles. The van der Waals surface area contributed by atoms with Crippen LogP contribution in [0.2, 0.25) is 0 Å². The highest BCUT2D eigenvalue weighted by Gasteiger charge is 2.28. The van der Waals surface area contributed by atoms with E-state index in [9.17, 15) is 9.59 Å². The number of rotatable bonds is 4. The number of esters is 1. The number of carbonyl (C=O) groups excluding carboxylic acids is 2. The normalized spacial score (nSPS) is 18.8. The van der Waals surface area contributed by atoms with Gasteiger partial charge in [0.05, 0.1) is 7.11 Å². The van der Waals surface area contributed by atoms with Crippen molar-refractivity contribution in [1.82, 2.24) is 0 Å². The molecule has 0 saturated carbocycles. The number of aryl methyl sites for hydroxylation is 2. The Hall–Kier alpha value is -2.18. The van der Waals surface area contributed by atoms with Crippen molar-refractivity contribution in [3.63, 3.8) is 0 Å². The van der Waals surface area contributed by atoms with Crippen LogP contribution in [0.1, 0.15) is 47.2 Å². The van der Waals surface area contributed by atoms with Crippen molar-refractivity contribution in [3.8, 4) is 11.1 Å². The van der Waals surface area contributed by atoms with E-state index in [0.29, 0.717) is 23.6 Å². The summed E-state index contributed by atoms with van der Waals surface area (Å²) in [5.41, 5.74) is 4.97. The molecule has 5 nitrogen and oxygen atoms in total. The van der Waals surface area contributed by atoms with Crippen LogP contribution >= 0.6 is 11.3 Å². The van der Waals surface area contributed by atoms with Gasteiger partial charge in [-0.05, 0) is 55.2 Å². The summed E-state index contributed by atoms with van der Waals surface area (Å²) in [4.78, 5) is 24.9. The first-order chi connectivity index (χ1) is 13.2. The molecule has 1 aromatic heterocycles. The second-order valence-electron chi connectivity index (χ2n) is 7.03. The van der Waals surface area contributed by atoms with Gasteiger partial charge in [0, 0.05) is 17.6 Å². The molecule has 0 spiro atoms. The fourth-order valence-corrected chi connectivity index (χ4v) is 4.81. The van der Waals surface area contributed by atoms with Gasteiger partial charge in [-0.15, -0.1) is 11.3 Å². The minimum absolute atomic E-state index is 0.198. The fraction of sp³-hybridized carbons (Fsp3) is 0.429. The smallest absolute Gasteiger partial charge is 0.341 e. The van der Waals surface area contributed by atoms with E-state index in [1.54, 1.807) is 0 Å². The zero-order valence-corrected chi connectivity index (χ0v) is 16.2. The Morgan fingerprint density at radius 2 is 2.00 bits per heavy atom. The molecule has 1 aliphatic carbocycles. The van der Waals surface area contributed by atoms with Gasteiger partial charge in [-0.3, -0.25) is 4.79 Å².